The summed E-state index contributed by atoms with van der Waals surface area (Å²) in [5.41, 5.74) is 0. The van der Waals surface area contributed by atoms with Crippen molar-refractivity contribution in [1.29, 1.82) is 0 Å². The number of hydrogen-bond donors (Lipinski definition) is 1. The van der Waals surface area contributed by atoms with Gasteiger partial charge < -0.3 is 10.2 Å². The van der Waals surface area contributed by atoms with Gasteiger partial charge in [0.2, 0.25) is 0 Å². The normalized spacial score (nSPS) is 17.9. The van der Waals surface area contributed by atoms with Gasteiger partial charge in [0.15, 0.2) is 0 Å². The number of amides is 2. The summed E-state index contributed by atoms with van der Waals surface area (Å²) in [4.78, 5) is 23.2. The van der Waals surface area contributed by atoms with Crippen LogP contribution in [0.25, 0.3) is 0 Å². The Bertz CT molecular complexity index is 668. The molecule has 1 N–H and O–H groups in total. The maximum absolute atomic E-state index is 12.5. The van der Waals surface area contributed by atoms with E-state index in [2.05, 4.69) is 20.4 Å². The van der Waals surface area contributed by atoms with E-state index >= 15 is 0 Å². The molecule has 3 rings (SSSR count). The van der Waals surface area contributed by atoms with Crippen molar-refractivity contribution in [2.24, 2.45) is 0 Å². The minimum atomic E-state index is 0.0152. The van der Waals surface area contributed by atoms with Gasteiger partial charge in [-0.2, -0.15) is 5.10 Å². The lowest BCUT2D eigenvalue weighted by Crippen LogP contribution is -2.45. The van der Waals surface area contributed by atoms with E-state index in [1.54, 1.807) is 11.3 Å². The molecule has 0 radical (unpaired) electrons. The first-order valence-electron chi connectivity index (χ1n) is 8.47. The molecule has 8 heteroatoms. The molecule has 2 aromatic heterocycles. The number of urea groups is 1. The number of carbonyl (C=O) groups excluding carboxylic acids is 1. The fourth-order valence-electron chi connectivity index (χ4n) is 3.13. The van der Waals surface area contributed by atoms with Crippen LogP contribution < -0.4 is 5.32 Å². The molecule has 0 aliphatic carbocycles. The first-order chi connectivity index (χ1) is 11.6. The molecule has 24 heavy (non-hydrogen) atoms. The van der Waals surface area contributed by atoms with Gasteiger partial charge in [0.25, 0.3) is 0 Å². The van der Waals surface area contributed by atoms with Crippen molar-refractivity contribution in [2.75, 3.05) is 13.1 Å². The van der Waals surface area contributed by atoms with Crippen molar-refractivity contribution in [1.82, 2.24) is 30.0 Å². The van der Waals surface area contributed by atoms with E-state index in [0.717, 1.165) is 55.4 Å². The summed E-state index contributed by atoms with van der Waals surface area (Å²) in [5.74, 6) is 1.70. The molecular formula is C16H24N6OS. The zero-order chi connectivity index (χ0) is 16.9. The van der Waals surface area contributed by atoms with Crippen molar-refractivity contribution in [2.45, 2.75) is 52.1 Å². The number of aromatic nitrogens is 4. The number of aryl methyl sites for hydroxylation is 3. The minimum absolute atomic E-state index is 0.0152. The molecule has 3 heterocycles. The van der Waals surface area contributed by atoms with Crippen LogP contribution in [0.2, 0.25) is 0 Å². The number of thiazole rings is 1. The van der Waals surface area contributed by atoms with Crippen LogP contribution in [0.4, 0.5) is 4.79 Å². The second-order valence-corrected chi connectivity index (χ2v) is 7.02. The molecule has 130 valence electrons. The zero-order valence-electron chi connectivity index (χ0n) is 14.2. The van der Waals surface area contributed by atoms with Gasteiger partial charge in [0.05, 0.1) is 6.04 Å². The summed E-state index contributed by atoms with van der Waals surface area (Å²) >= 11 is 1.63. The number of nitrogens with one attached hydrogen (secondary N) is 1. The molecular weight excluding hydrogens is 324 g/mol. The Morgan fingerprint density at radius 3 is 3.00 bits per heavy atom. The van der Waals surface area contributed by atoms with E-state index in [-0.39, 0.29) is 12.1 Å². The molecule has 0 spiro atoms. The topological polar surface area (TPSA) is 75.9 Å². The van der Waals surface area contributed by atoms with Crippen LogP contribution in [0.15, 0.2) is 11.6 Å². The molecule has 1 atom stereocenters. The summed E-state index contributed by atoms with van der Waals surface area (Å²) < 4.78 is 1.89. The number of carbonyl (C=O) groups is 1. The highest BCUT2D eigenvalue weighted by atomic mass is 32.1. The van der Waals surface area contributed by atoms with Gasteiger partial charge in [-0.3, -0.25) is 4.68 Å². The maximum Gasteiger partial charge on any atom is 0.317 e. The van der Waals surface area contributed by atoms with Gasteiger partial charge in [0.1, 0.15) is 16.7 Å². The van der Waals surface area contributed by atoms with E-state index in [1.807, 2.05) is 35.0 Å². The summed E-state index contributed by atoms with van der Waals surface area (Å²) in [6, 6.07) is 0.139. The Morgan fingerprint density at radius 2 is 2.29 bits per heavy atom. The van der Waals surface area contributed by atoms with Crippen LogP contribution in [0.3, 0.4) is 0 Å². The third kappa shape index (κ3) is 3.92. The van der Waals surface area contributed by atoms with Crippen molar-refractivity contribution in [3.63, 3.8) is 0 Å². The summed E-state index contributed by atoms with van der Waals surface area (Å²) in [6.45, 7) is 6.05. The molecule has 0 aromatic carbocycles. The van der Waals surface area contributed by atoms with Crippen LogP contribution in [0, 0.1) is 13.8 Å². The zero-order valence-corrected chi connectivity index (χ0v) is 15.1. The lowest BCUT2D eigenvalue weighted by Gasteiger charge is -2.34. The van der Waals surface area contributed by atoms with Crippen LogP contribution in [0.5, 0.6) is 0 Å². The molecule has 1 saturated heterocycles. The quantitative estimate of drug-likeness (QED) is 0.843. The molecule has 1 aliphatic heterocycles. The molecule has 7 nitrogen and oxygen atoms in total. The van der Waals surface area contributed by atoms with Crippen molar-refractivity contribution >= 4 is 17.4 Å². The van der Waals surface area contributed by atoms with Crippen molar-refractivity contribution in [3.05, 3.63) is 28.2 Å². The molecule has 1 aliphatic rings. The van der Waals surface area contributed by atoms with Crippen molar-refractivity contribution in [3.8, 4) is 0 Å². The van der Waals surface area contributed by atoms with Crippen LogP contribution in [0.1, 0.15) is 48.4 Å². The first-order valence-corrected chi connectivity index (χ1v) is 9.35. The molecule has 2 aromatic rings. The molecule has 2 amide bonds. The Hall–Kier alpha value is -1.96. The largest absolute Gasteiger partial charge is 0.338 e. The molecule has 0 saturated carbocycles. The SMILES string of the molecule is Cc1nc(C)n(CCCNC(=O)N2CCCC[C@@H]2c2nccs2)n1. The summed E-state index contributed by atoms with van der Waals surface area (Å²) in [5, 5.41) is 10.4. The minimum Gasteiger partial charge on any atom is -0.338 e. The molecule has 0 bridgehead atoms. The fourth-order valence-corrected chi connectivity index (χ4v) is 3.91. The molecule has 0 unspecified atom stereocenters. The van der Waals surface area contributed by atoms with Gasteiger partial charge >= 0.3 is 6.03 Å². The van der Waals surface area contributed by atoms with E-state index < -0.39 is 0 Å². The van der Waals surface area contributed by atoms with Gasteiger partial charge in [-0.1, -0.05) is 0 Å². The Labute approximate surface area is 146 Å². The van der Waals surface area contributed by atoms with Gasteiger partial charge in [-0.05, 0) is 39.5 Å². The third-order valence-corrected chi connectivity index (χ3v) is 5.16. The second kappa shape index (κ2) is 7.74. The van der Waals surface area contributed by atoms with E-state index in [0.29, 0.717) is 6.54 Å². The summed E-state index contributed by atoms with van der Waals surface area (Å²) in [7, 11) is 0. The van der Waals surface area contributed by atoms with E-state index in [1.165, 1.54) is 0 Å². The number of nitrogens with zero attached hydrogens (tertiary/aromatic N) is 5. The highest BCUT2D eigenvalue weighted by molar-refractivity contribution is 7.09. The van der Waals surface area contributed by atoms with Gasteiger partial charge in [-0.15, -0.1) is 11.3 Å². The van der Waals surface area contributed by atoms with Crippen LogP contribution >= 0.6 is 11.3 Å². The van der Waals surface area contributed by atoms with E-state index in [9.17, 15) is 4.79 Å². The smallest absolute Gasteiger partial charge is 0.317 e. The van der Waals surface area contributed by atoms with Crippen molar-refractivity contribution < 1.29 is 4.79 Å². The fraction of sp³-hybridized carbons (Fsp3) is 0.625. The molecule has 1 fully saturated rings. The lowest BCUT2D eigenvalue weighted by atomic mass is 10.0. The van der Waals surface area contributed by atoms with Gasteiger partial charge in [-0.25, -0.2) is 14.8 Å². The highest BCUT2D eigenvalue weighted by Crippen LogP contribution is 2.31. The Balaban J connectivity index is 1.49. The first kappa shape index (κ1) is 16.9. The standard InChI is InChI=1S/C16H24N6OS/c1-12-19-13(2)22(20-12)10-5-7-18-16(23)21-9-4-3-6-14(21)15-17-8-11-24-15/h8,11,14H,3-7,9-10H2,1-2H3,(H,18,23)/t14-/m1/s1. The highest BCUT2D eigenvalue weighted by Gasteiger charge is 2.29. The summed E-state index contributed by atoms with van der Waals surface area (Å²) in [6.07, 6.45) is 5.86. The number of rotatable bonds is 5. The third-order valence-electron chi connectivity index (χ3n) is 4.29. The van der Waals surface area contributed by atoms with Gasteiger partial charge in [0, 0.05) is 31.2 Å². The number of hydrogen-bond acceptors (Lipinski definition) is 5. The number of likely N-dealkylation sites (tertiary alicyclic amines) is 1. The Kier molecular flexibility index (Phi) is 5.44. The predicted molar refractivity (Wildman–Crippen MR) is 92.9 cm³/mol. The lowest BCUT2D eigenvalue weighted by molar-refractivity contribution is 0.151. The average molecular weight is 348 g/mol. The number of piperidine rings is 1. The van der Waals surface area contributed by atoms with E-state index in [4.69, 9.17) is 0 Å². The average Bonchev–Trinajstić information content (AvgIpc) is 3.21. The Morgan fingerprint density at radius 1 is 1.42 bits per heavy atom. The van der Waals surface area contributed by atoms with Crippen LogP contribution in [-0.4, -0.2) is 43.8 Å². The maximum atomic E-state index is 12.5. The van der Waals surface area contributed by atoms with Crippen LogP contribution in [-0.2, 0) is 6.54 Å². The second-order valence-electron chi connectivity index (χ2n) is 6.09. The predicted octanol–water partition coefficient (Wildman–Crippen LogP) is 2.68. The monoisotopic (exact) mass is 348 g/mol.